The van der Waals surface area contributed by atoms with Gasteiger partial charge in [0.25, 0.3) is 0 Å². The molecule has 0 rings (SSSR count). The van der Waals surface area contributed by atoms with Gasteiger partial charge in [-0.3, -0.25) is 9.59 Å². The number of rotatable bonds is 14. The summed E-state index contributed by atoms with van der Waals surface area (Å²) in [6.07, 6.45) is 8.30. The highest BCUT2D eigenvalue weighted by Gasteiger charge is 2.12. The third-order valence-corrected chi connectivity index (χ3v) is 3.38. The van der Waals surface area contributed by atoms with Gasteiger partial charge in [0.15, 0.2) is 0 Å². The van der Waals surface area contributed by atoms with Crippen molar-refractivity contribution in [3.63, 3.8) is 0 Å². The van der Waals surface area contributed by atoms with E-state index in [1.54, 1.807) is 0 Å². The van der Waals surface area contributed by atoms with Crippen LogP contribution in [0.2, 0.25) is 0 Å². The van der Waals surface area contributed by atoms with Crippen LogP contribution >= 0.6 is 0 Å². The SMILES string of the molecule is CCCCCCCCC(C)OC(=O)CCC(=O)OCCOC. The first-order valence-electron chi connectivity index (χ1n) is 8.44. The van der Waals surface area contributed by atoms with E-state index in [2.05, 4.69) is 6.92 Å². The van der Waals surface area contributed by atoms with Gasteiger partial charge in [-0.25, -0.2) is 0 Å². The molecule has 130 valence electrons. The van der Waals surface area contributed by atoms with Crippen LogP contribution in [0.5, 0.6) is 0 Å². The molecular formula is C17H32O5. The number of esters is 2. The predicted octanol–water partition coefficient (Wildman–Crippen LogP) is 3.64. The van der Waals surface area contributed by atoms with Gasteiger partial charge in [-0.2, -0.15) is 0 Å². The Labute approximate surface area is 134 Å². The van der Waals surface area contributed by atoms with E-state index in [9.17, 15) is 9.59 Å². The smallest absolute Gasteiger partial charge is 0.306 e. The van der Waals surface area contributed by atoms with Gasteiger partial charge in [-0.15, -0.1) is 0 Å². The summed E-state index contributed by atoms with van der Waals surface area (Å²) < 4.78 is 14.9. The van der Waals surface area contributed by atoms with Gasteiger partial charge < -0.3 is 14.2 Å². The van der Waals surface area contributed by atoms with E-state index in [0.29, 0.717) is 6.61 Å². The predicted molar refractivity (Wildman–Crippen MR) is 85.6 cm³/mol. The first kappa shape index (κ1) is 20.9. The summed E-state index contributed by atoms with van der Waals surface area (Å²) in [5.41, 5.74) is 0. The summed E-state index contributed by atoms with van der Waals surface area (Å²) in [5.74, 6) is -0.722. The fourth-order valence-corrected chi connectivity index (χ4v) is 2.07. The quantitative estimate of drug-likeness (QED) is 0.362. The van der Waals surface area contributed by atoms with Gasteiger partial charge >= 0.3 is 11.9 Å². The number of methoxy groups -OCH3 is 1. The Morgan fingerprint density at radius 1 is 0.909 bits per heavy atom. The van der Waals surface area contributed by atoms with E-state index in [1.807, 2.05) is 6.92 Å². The van der Waals surface area contributed by atoms with Gasteiger partial charge in [0.05, 0.1) is 25.6 Å². The Hall–Kier alpha value is -1.10. The largest absolute Gasteiger partial charge is 0.463 e. The molecule has 0 aliphatic rings. The van der Waals surface area contributed by atoms with Gasteiger partial charge in [0.2, 0.25) is 0 Å². The number of ether oxygens (including phenoxy) is 3. The fourth-order valence-electron chi connectivity index (χ4n) is 2.07. The highest BCUT2D eigenvalue weighted by atomic mass is 16.6. The zero-order valence-electron chi connectivity index (χ0n) is 14.4. The number of unbranched alkanes of at least 4 members (excludes halogenated alkanes) is 5. The summed E-state index contributed by atoms with van der Waals surface area (Å²) in [5, 5.41) is 0. The molecule has 1 atom stereocenters. The second-order valence-corrected chi connectivity index (χ2v) is 5.57. The lowest BCUT2D eigenvalue weighted by molar-refractivity contribution is -0.153. The minimum atomic E-state index is -0.391. The van der Waals surface area contributed by atoms with Crippen LogP contribution in [0.1, 0.15) is 71.6 Å². The number of carbonyl (C=O) groups excluding carboxylic acids is 2. The Morgan fingerprint density at radius 3 is 2.23 bits per heavy atom. The topological polar surface area (TPSA) is 61.8 Å². The Balaban J connectivity index is 3.54. The first-order chi connectivity index (χ1) is 10.6. The molecule has 5 heteroatoms. The second kappa shape index (κ2) is 14.8. The Bertz CT molecular complexity index is 291. The van der Waals surface area contributed by atoms with Crippen LogP contribution in [0.25, 0.3) is 0 Å². The maximum absolute atomic E-state index is 11.6. The summed E-state index contributed by atoms with van der Waals surface area (Å²) in [4.78, 5) is 22.9. The zero-order chi connectivity index (χ0) is 16.6. The molecule has 0 radical (unpaired) electrons. The molecule has 0 aromatic rings. The zero-order valence-corrected chi connectivity index (χ0v) is 14.4. The number of hydrogen-bond donors (Lipinski definition) is 0. The Kier molecular flexibility index (Phi) is 14.1. The van der Waals surface area contributed by atoms with Crippen molar-refractivity contribution in [2.24, 2.45) is 0 Å². The molecule has 0 spiro atoms. The third-order valence-electron chi connectivity index (χ3n) is 3.38. The van der Waals surface area contributed by atoms with Crippen molar-refractivity contribution in [3.8, 4) is 0 Å². The van der Waals surface area contributed by atoms with Gasteiger partial charge in [-0.05, 0) is 19.8 Å². The van der Waals surface area contributed by atoms with Crippen molar-refractivity contribution in [1.29, 1.82) is 0 Å². The van der Waals surface area contributed by atoms with Crippen LogP contribution in [0.3, 0.4) is 0 Å². The van der Waals surface area contributed by atoms with E-state index in [0.717, 1.165) is 12.8 Å². The first-order valence-corrected chi connectivity index (χ1v) is 8.44. The molecule has 0 aromatic heterocycles. The minimum absolute atomic E-state index is 0.0618. The maximum Gasteiger partial charge on any atom is 0.306 e. The normalized spacial score (nSPS) is 12.0. The molecule has 0 saturated heterocycles. The van der Waals surface area contributed by atoms with E-state index in [4.69, 9.17) is 14.2 Å². The highest BCUT2D eigenvalue weighted by Crippen LogP contribution is 2.11. The van der Waals surface area contributed by atoms with Crippen LogP contribution in [0.4, 0.5) is 0 Å². The summed E-state index contributed by atoms with van der Waals surface area (Å²) in [6, 6.07) is 0. The molecule has 5 nitrogen and oxygen atoms in total. The fraction of sp³-hybridized carbons (Fsp3) is 0.882. The molecule has 0 saturated carbocycles. The standard InChI is InChI=1S/C17H32O5/c1-4-5-6-7-8-9-10-15(2)22-17(19)12-11-16(18)21-14-13-20-3/h15H,4-14H2,1-3H3. The Morgan fingerprint density at radius 2 is 1.55 bits per heavy atom. The molecule has 0 aliphatic carbocycles. The average Bonchev–Trinajstić information content (AvgIpc) is 2.49. The van der Waals surface area contributed by atoms with Crippen molar-refractivity contribution < 1.29 is 23.8 Å². The lowest BCUT2D eigenvalue weighted by atomic mass is 10.1. The lowest BCUT2D eigenvalue weighted by Crippen LogP contribution is -2.17. The van der Waals surface area contributed by atoms with E-state index in [-0.39, 0.29) is 31.5 Å². The molecule has 0 N–H and O–H groups in total. The van der Waals surface area contributed by atoms with Crippen LogP contribution in [0, 0.1) is 0 Å². The van der Waals surface area contributed by atoms with E-state index < -0.39 is 5.97 Å². The summed E-state index contributed by atoms with van der Waals surface area (Å²) in [7, 11) is 1.54. The molecule has 0 amide bonds. The van der Waals surface area contributed by atoms with Gasteiger partial charge in [-0.1, -0.05) is 39.0 Å². The van der Waals surface area contributed by atoms with Gasteiger partial charge in [0.1, 0.15) is 6.61 Å². The van der Waals surface area contributed by atoms with E-state index >= 15 is 0 Å². The van der Waals surface area contributed by atoms with Crippen molar-refractivity contribution in [1.82, 2.24) is 0 Å². The monoisotopic (exact) mass is 316 g/mol. The summed E-state index contributed by atoms with van der Waals surface area (Å²) >= 11 is 0. The van der Waals surface area contributed by atoms with Crippen LogP contribution in [-0.2, 0) is 23.8 Å². The number of hydrogen-bond acceptors (Lipinski definition) is 5. The average molecular weight is 316 g/mol. The highest BCUT2D eigenvalue weighted by molar-refractivity contribution is 5.77. The molecule has 1 unspecified atom stereocenters. The van der Waals surface area contributed by atoms with Crippen LogP contribution in [0.15, 0.2) is 0 Å². The van der Waals surface area contributed by atoms with Crippen LogP contribution < -0.4 is 0 Å². The summed E-state index contributed by atoms with van der Waals surface area (Å²) in [6.45, 7) is 4.69. The van der Waals surface area contributed by atoms with Crippen molar-refractivity contribution in [2.75, 3.05) is 20.3 Å². The molecule has 0 aliphatic heterocycles. The molecule has 0 heterocycles. The molecule has 0 aromatic carbocycles. The third kappa shape index (κ3) is 13.9. The molecule has 22 heavy (non-hydrogen) atoms. The second-order valence-electron chi connectivity index (χ2n) is 5.57. The maximum atomic E-state index is 11.6. The van der Waals surface area contributed by atoms with Crippen LogP contribution in [-0.4, -0.2) is 38.4 Å². The molecule has 0 bridgehead atoms. The number of carbonyl (C=O) groups is 2. The van der Waals surface area contributed by atoms with Crippen molar-refractivity contribution in [2.45, 2.75) is 77.7 Å². The van der Waals surface area contributed by atoms with E-state index in [1.165, 1.54) is 39.2 Å². The minimum Gasteiger partial charge on any atom is -0.463 e. The lowest BCUT2D eigenvalue weighted by Gasteiger charge is -2.13. The van der Waals surface area contributed by atoms with Gasteiger partial charge in [0, 0.05) is 7.11 Å². The van der Waals surface area contributed by atoms with Crippen molar-refractivity contribution in [3.05, 3.63) is 0 Å². The van der Waals surface area contributed by atoms with Crippen molar-refractivity contribution >= 4 is 11.9 Å². The molecule has 0 fully saturated rings. The molecular weight excluding hydrogens is 284 g/mol.